The van der Waals surface area contributed by atoms with Crippen molar-refractivity contribution in [3.63, 3.8) is 0 Å². The minimum absolute atomic E-state index is 0.0548. The van der Waals surface area contributed by atoms with E-state index >= 15 is 0 Å². The maximum absolute atomic E-state index is 13.9. The number of aromatic nitrogens is 1. The Hall–Kier alpha value is -2.58. The third kappa shape index (κ3) is 3.26. The zero-order chi connectivity index (χ0) is 20.9. The molecular weight excluding hydrogens is 417 g/mol. The number of rotatable bonds is 3. The molecule has 2 aliphatic heterocycles. The minimum Gasteiger partial charge on any atom is -0.494 e. The average molecular weight is 434 g/mol. The summed E-state index contributed by atoms with van der Waals surface area (Å²) < 4.78 is 18.9. The van der Waals surface area contributed by atoms with Crippen molar-refractivity contribution in [3.05, 3.63) is 58.1 Å². The number of benzene rings is 1. The van der Waals surface area contributed by atoms with E-state index in [1.54, 1.807) is 12.3 Å². The minimum atomic E-state index is -0.569. The first-order valence-electron chi connectivity index (χ1n) is 8.79. The van der Waals surface area contributed by atoms with Gasteiger partial charge >= 0.3 is 6.03 Å². The first kappa shape index (κ1) is 19.7. The van der Waals surface area contributed by atoms with Crippen LogP contribution in [0.1, 0.15) is 16.7 Å². The summed E-state index contributed by atoms with van der Waals surface area (Å²) >= 11 is 7.50. The molecule has 6 nitrogen and oxygen atoms in total. The maximum Gasteiger partial charge on any atom is 0.329 e. The molecule has 1 aromatic heterocycles. The number of thioether (sulfide) groups is 1. The van der Waals surface area contributed by atoms with Gasteiger partial charge in [0, 0.05) is 16.7 Å². The lowest BCUT2D eigenvalue weighted by Crippen LogP contribution is -2.60. The molecule has 9 heteroatoms. The van der Waals surface area contributed by atoms with Crippen LogP contribution in [-0.2, 0) is 4.79 Å². The molecule has 0 radical (unpaired) electrons. The highest BCUT2D eigenvalue weighted by molar-refractivity contribution is 8.09. The van der Waals surface area contributed by atoms with Crippen molar-refractivity contribution < 1.29 is 18.7 Å². The summed E-state index contributed by atoms with van der Waals surface area (Å²) in [6.07, 6.45) is 4.96. The van der Waals surface area contributed by atoms with Gasteiger partial charge in [-0.15, -0.1) is 11.8 Å². The number of carbonyl (C=O) groups is 2. The molecule has 29 heavy (non-hydrogen) atoms. The van der Waals surface area contributed by atoms with E-state index < -0.39 is 23.1 Å². The van der Waals surface area contributed by atoms with Crippen molar-refractivity contribution in [2.24, 2.45) is 0 Å². The predicted molar refractivity (Wildman–Crippen MR) is 111 cm³/mol. The standard InChI is InChI=1S/C20H17ClFN3O3S/c1-9-7-23-8-15(10(9)2)25-19(26)18-14(24-20(25)27)6-17(29-18)11-4-16(28-3)13(22)5-12(11)21/h4-8,14,18H,1-3H3,(H,24,27). The van der Waals surface area contributed by atoms with E-state index in [0.29, 0.717) is 16.2 Å². The van der Waals surface area contributed by atoms with E-state index in [9.17, 15) is 14.0 Å². The van der Waals surface area contributed by atoms with Crippen LogP contribution in [0.5, 0.6) is 5.75 Å². The van der Waals surface area contributed by atoms with Gasteiger partial charge in [0.25, 0.3) is 5.91 Å². The van der Waals surface area contributed by atoms with Gasteiger partial charge < -0.3 is 10.1 Å². The fourth-order valence-corrected chi connectivity index (χ4v) is 4.95. The first-order valence-corrected chi connectivity index (χ1v) is 10.0. The summed E-state index contributed by atoms with van der Waals surface area (Å²) in [5.41, 5.74) is 2.70. The second kappa shape index (κ2) is 7.35. The Morgan fingerprint density at radius 3 is 2.76 bits per heavy atom. The molecule has 2 aromatic rings. The van der Waals surface area contributed by atoms with Crippen LogP contribution >= 0.6 is 23.4 Å². The van der Waals surface area contributed by atoms with Gasteiger partial charge in [-0.1, -0.05) is 11.6 Å². The topological polar surface area (TPSA) is 71.5 Å². The van der Waals surface area contributed by atoms with Crippen LogP contribution in [0.2, 0.25) is 5.02 Å². The van der Waals surface area contributed by atoms with Crippen LogP contribution in [0, 0.1) is 19.7 Å². The number of urea groups is 1. The van der Waals surface area contributed by atoms with Crippen molar-refractivity contribution in [2.75, 3.05) is 12.0 Å². The molecule has 2 aliphatic rings. The van der Waals surface area contributed by atoms with E-state index in [4.69, 9.17) is 16.3 Å². The zero-order valence-corrected chi connectivity index (χ0v) is 17.4. The number of nitrogens with one attached hydrogen (secondary N) is 1. The second-order valence-corrected chi connectivity index (χ2v) is 8.38. The molecule has 3 amide bonds. The van der Waals surface area contributed by atoms with E-state index in [2.05, 4.69) is 10.3 Å². The Labute approximate surface area is 176 Å². The van der Waals surface area contributed by atoms with Gasteiger partial charge in [0.05, 0.1) is 30.1 Å². The second-order valence-electron chi connectivity index (χ2n) is 6.79. The van der Waals surface area contributed by atoms with Gasteiger partial charge in [-0.3, -0.25) is 9.78 Å². The van der Waals surface area contributed by atoms with E-state index in [1.165, 1.54) is 37.2 Å². The van der Waals surface area contributed by atoms with Crippen LogP contribution in [-0.4, -0.2) is 35.3 Å². The summed E-state index contributed by atoms with van der Waals surface area (Å²) in [5, 5.41) is 2.50. The Balaban J connectivity index is 1.67. The number of carbonyl (C=O) groups excluding carboxylic acids is 2. The van der Waals surface area contributed by atoms with Gasteiger partial charge in [-0.2, -0.15) is 0 Å². The zero-order valence-electron chi connectivity index (χ0n) is 15.8. The third-order valence-electron chi connectivity index (χ3n) is 5.06. The number of halogens is 2. The molecule has 1 N–H and O–H groups in total. The number of nitrogens with zero attached hydrogens (tertiary/aromatic N) is 2. The quantitative estimate of drug-likeness (QED) is 0.789. The summed E-state index contributed by atoms with van der Waals surface area (Å²) in [7, 11) is 1.37. The monoisotopic (exact) mass is 433 g/mol. The molecule has 1 aromatic carbocycles. The highest BCUT2D eigenvalue weighted by Crippen LogP contribution is 2.45. The van der Waals surface area contributed by atoms with Gasteiger partial charge in [-0.05, 0) is 43.2 Å². The lowest BCUT2D eigenvalue weighted by Gasteiger charge is -2.33. The third-order valence-corrected chi connectivity index (χ3v) is 6.73. The molecule has 1 fully saturated rings. The predicted octanol–water partition coefficient (Wildman–Crippen LogP) is 4.08. The largest absolute Gasteiger partial charge is 0.494 e. The number of hydrogen-bond acceptors (Lipinski definition) is 5. The van der Waals surface area contributed by atoms with Crippen molar-refractivity contribution in [1.29, 1.82) is 0 Å². The normalized spacial score (nSPS) is 21.0. The smallest absolute Gasteiger partial charge is 0.329 e. The van der Waals surface area contributed by atoms with Crippen LogP contribution in [0.4, 0.5) is 14.9 Å². The number of imide groups is 1. The summed E-state index contributed by atoms with van der Waals surface area (Å²) in [6, 6.07) is 1.67. The number of aryl methyl sites for hydroxylation is 1. The van der Waals surface area contributed by atoms with Crippen molar-refractivity contribution in [1.82, 2.24) is 10.3 Å². The SMILES string of the molecule is COc1cc(C2=CC3NC(=O)N(c4cncc(C)c4C)C(=O)C3S2)c(Cl)cc1F. The molecule has 2 atom stereocenters. The fourth-order valence-electron chi connectivity index (χ4n) is 3.35. The molecule has 150 valence electrons. The Morgan fingerprint density at radius 2 is 2.03 bits per heavy atom. The highest BCUT2D eigenvalue weighted by atomic mass is 35.5. The lowest BCUT2D eigenvalue weighted by molar-refractivity contribution is -0.118. The fraction of sp³-hybridized carbons (Fsp3) is 0.250. The van der Waals surface area contributed by atoms with Crippen molar-refractivity contribution in [2.45, 2.75) is 25.1 Å². The summed E-state index contributed by atoms with van der Waals surface area (Å²) in [6.45, 7) is 3.71. The van der Waals surface area contributed by atoms with Gasteiger partial charge in [0.2, 0.25) is 0 Å². The number of fused-ring (bicyclic) bond motifs is 1. The molecule has 0 saturated carbocycles. The average Bonchev–Trinajstić information content (AvgIpc) is 3.09. The molecule has 2 unspecified atom stereocenters. The number of hydrogen-bond donors (Lipinski definition) is 1. The molecular formula is C20H17ClFN3O3S. The van der Waals surface area contributed by atoms with Crippen LogP contribution < -0.4 is 15.0 Å². The van der Waals surface area contributed by atoms with Crippen molar-refractivity contribution in [3.8, 4) is 5.75 Å². The number of amides is 3. The van der Waals surface area contributed by atoms with Gasteiger partial charge in [-0.25, -0.2) is 14.1 Å². The molecule has 3 heterocycles. The Kier molecular flexibility index (Phi) is 5.00. The molecule has 0 bridgehead atoms. The molecule has 4 rings (SSSR count). The molecule has 1 saturated heterocycles. The molecule has 0 spiro atoms. The van der Waals surface area contributed by atoms with E-state index in [0.717, 1.165) is 16.0 Å². The Bertz CT molecular complexity index is 1080. The van der Waals surface area contributed by atoms with Crippen LogP contribution in [0.25, 0.3) is 4.91 Å². The first-order chi connectivity index (χ1) is 13.8. The number of methoxy groups -OCH3 is 1. The van der Waals surface area contributed by atoms with Crippen LogP contribution in [0.15, 0.2) is 30.6 Å². The Morgan fingerprint density at radius 1 is 1.28 bits per heavy atom. The van der Waals surface area contributed by atoms with E-state index in [-0.39, 0.29) is 16.7 Å². The molecule has 0 aliphatic carbocycles. The van der Waals surface area contributed by atoms with Crippen LogP contribution in [0.3, 0.4) is 0 Å². The number of anilines is 1. The lowest BCUT2D eigenvalue weighted by atomic mass is 10.1. The van der Waals surface area contributed by atoms with Crippen molar-refractivity contribution >= 4 is 45.9 Å². The maximum atomic E-state index is 13.9. The van der Waals surface area contributed by atoms with Gasteiger partial charge in [0.15, 0.2) is 11.6 Å². The number of ether oxygens (including phenoxy) is 1. The van der Waals surface area contributed by atoms with Gasteiger partial charge in [0.1, 0.15) is 5.25 Å². The van der Waals surface area contributed by atoms with E-state index in [1.807, 2.05) is 13.8 Å². The highest BCUT2D eigenvalue weighted by Gasteiger charge is 2.46. The number of pyridine rings is 1. The summed E-state index contributed by atoms with van der Waals surface area (Å²) in [5.74, 6) is -0.852. The summed E-state index contributed by atoms with van der Waals surface area (Å²) in [4.78, 5) is 31.8.